The van der Waals surface area contributed by atoms with Gasteiger partial charge in [-0.3, -0.25) is 0 Å². The van der Waals surface area contributed by atoms with Crippen LogP contribution < -0.4 is 5.32 Å². The smallest absolute Gasteiger partial charge is 0.0158 e. The zero-order valence-corrected chi connectivity index (χ0v) is 14.6. The van der Waals surface area contributed by atoms with Gasteiger partial charge in [0, 0.05) is 11.1 Å². The van der Waals surface area contributed by atoms with E-state index in [2.05, 4.69) is 46.9 Å². The minimum absolute atomic E-state index is 0.226. The van der Waals surface area contributed by atoms with Crippen molar-refractivity contribution >= 4 is 0 Å². The molecule has 0 bridgehead atoms. The van der Waals surface area contributed by atoms with E-state index >= 15 is 0 Å². The molecule has 1 heteroatoms. The summed E-state index contributed by atoms with van der Waals surface area (Å²) >= 11 is 0. The predicted molar refractivity (Wildman–Crippen MR) is 88.8 cm³/mol. The van der Waals surface area contributed by atoms with E-state index in [0.717, 1.165) is 0 Å². The first kappa shape index (κ1) is 19.0. The molecule has 0 unspecified atom stereocenters. The molecule has 1 N–H and O–H groups in total. The molecule has 19 heavy (non-hydrogen) atoms. The van der Waals surface area contributed by atoms with Crippen LogP contribution in [0.15, 0.2) is 0 Å². The minimum Gasteiger partial charge on any atom is -0.307 e. The van der Waals surface area contributed by atoms with E-state index < -0.39 is 0 Å². The fourth-order valence-corrected chi connectivity index (χ4v) is 3.04. The van der Waals surface area contributed by atoms with Crippen LogP contribution in [0.2, 0.25) is 0 Å². The van der Waals surface area contributed by atoms with Crippen molar-refractivity contribution in [1.82, 2.24) is 5.32 Å². The van der Waals surface area contributed by atoms with Gasteiger partial charge in [-0.1, -0.05) is 65.2 Å². The fraction of sp³-hybridized carbons (Fsp3) is 1.00. The molecule has 0 amide bonds. The van der Waals surface area contributed by atoms with Gasteiger partial charge in [-0.25, -0.2) is 0 Å². The van der Waals surface area contributed by atoms with E-state index in [9.17, 15) is 0 Å². The van der Waals surface area contributed by atoms with Gasteiger partial charge in [0.2, 0.25) is 0 Å². The molecule has 0 rings (SSSR count). The second kappa shape index (κ2) is 9.80. The van der Waals surface area contributed by atoms with E-state index in [1.54, 1.807) is 0 Å². The summed E-state index contributed by atoms with van der Waals surface area (Å²) in [4.78, 5) is 0. The summed E-state index contributed by atoms with van der Waals surface area (Å²) in [6.45, 7) is 13.9. The maximum atomic E-state index is 3.89. The lowest BCUT2D eigenvalue weighted by atomic mass is 9.86. The summed E-state index contributed by atoms with van der Waals surface area (Å²) in [5.41, 5.74) is 0.560. The van der Waals surface area contributed by atoms with Gasteiger partial charge in [-0.05, 0) is 40.5 Å². The Labute approximate surface area is 122 Å². The van der Waals surface area contributed by atoms with Crippen LogP contribution in [-0.2, 0) is 0 Å². The Hall–Kier alpha value is -0.0400. The lowest BCUT2D eigenvalue weighted by Gasteiger charge is -2.38. The number of unbranched alkanes of at least 4 members (excludes halogenated alkanes) is 6. The van der Waals surface area contributed by atoms with Crippen LogP contribution >= 0.6 is 0 Å². The third-order valence-electron chi connectivity index (χ3n) is 3.84. The molecule has 0 aliphatic heterocycles. The lowest BCUT2D eigenvalue weighted by molar-refractivity contribution is 0.221. The molecule has 0 heterocycles. The van der Waals surface area contributed by atoms with Gasteiger partial charge < -0.3 is 5.32 Å². The van der Waals surface area contributed by atoms with Gasteiger partial charge in [-0.15, -0.1) is 0 Å². The Morgan fingerprint density at radius 3 is 1.37 bits per heavy atom. The molecule has 0 aromatic heterocycles. The minimum atomic E-state index is 0.226. The van der Waals surface area contributed by atoms with Crippen LogP contribution in [0.1, 0.15) is 106 Å². The van der Waals surface area contributed by atoms with Crippen LogP contribution in [0.25, 0.3) is 0 Å². The molecule has 0 aliphatic rings. The van der Waals surface area contributed by atoms with E-state index in [4.69, 9.17) is 0 Å². The topological polar surface area (TPSA) is 12.0 Å². The molecule has 0 radical (unpaired) electrons. The molecule has 0 aromatic rings. The van der Waals surface area contributed by atoms with Crippen LogP contribution in [0.3, 0.4) is 0 Å². The quantitative estimate of drug-likeness (QED) is 0.449. The first-order valence-electron chi connectivity index (χ1n) is 8.62. The Morgan fingerprint density at radius 1 is 0.632 bits per heavy atom. The van der Waals surface area contributed by atoms with Gasteiger partial charge in [-0.2, -0.15) is 0 Å². The summed E-state index contributed by atoms with van der Waals surface area (Å²) in [6.07, 6.45) is 13.7. The second-order valence-corrected chi connectivity index (χ2v) is 7.56. The highest BCUT2D eigenvalue weighted by atomic mass is 15.0. The van der Waals surface area contributed by atoms with E-state index in [1.165, 1.54) is 64.2 Å². The Bertz CT molecular complexity index is 190. The van der Waals surface area contributed by atoms with Crippen LogP contribution in [0.4, 0.5) is 0 Å². The van der Waals surface area contributed by atoms with Crippen molar-refractivity contribution in [2.45, 2.75) is 117 Å². The largest absolute Gasteiger partial charge is 0.307 e. The zero-order chi connectivity index (χ0) is 14.8. The molecule has 0 spiro atoms. The zero-order valence-electron chi connectivity index (χ0n) is 14.6. The molecule has 0 saturated heterocycles. The Balaban J connectivity index is 4.19. The highest BCUT2D eigenvalue weighted by Gasteiger charge is 2.27. The highest BCUT2D eigenvalue weighted by molar-refractivity contribution is 4.89. The summed E-state index contributed by atoms with van der Waals surface area (Å²) in [5.74, 6) is 0. The van der Waals surface area contributed by atoms with Gasteiger partial charge in [0.15, 0.2) is 0 Å². The second-order valence-electron chi connectivity index (χ2n) is 7.56. The lowest BCUT2D eigenvalue weighted by Crippen LogP contribution is -2.52. The van der Waals surface area contributed by atoms with Crippen molar-refractivity contribution in [3.63, 3.8) is 0 Å². The monoisotopic (exact) mass is 269 g/mol. The first-order valence-corrected chi connectivity index (χ1v) is 8.62. The standard InChI is InChI=1S/C18H39N/c1-7-9-11-13-15-18(6,19-17(3,4)5)16-14-12-10-8-2/h19H,7-16H2,1-6H3. The Kier molecular flexibility index (Phi) is 9.78. The first-order chi connectivity index (χ1) is 8.83. The molecular weight excluding hydrogens is 230 g/mol. The molecule has 0 aromatic carbocycles. The SMILES string of the molecule is CCCCCCC(C)(CCCCCC)NC(C)(C)C. The van der Waals surface area contributed by atoms with Gasteiger partial charge in [0.05, 0.1) is 0 Å². The highest BCUT2D eigenvalue weighted by Crippen LogP contribution is 2.25. The van der Waals surface area contributed by atoms with Gasteiger partial charge in [0.25, 0.3) is 0 Å². The molecular formula is C18H39N. The van der Waals surface area contributed by atoms with Gasteiger partial charge >= 0.3 is 0 Å². The van der Waals surface area contributed by atoms with E-state index in [-0.39, 0.29) is 5.54 Å². The molecule has 116 valence electrons. The van der Waals surface area contributed by atoms with Crippen molar-refractivity contribution in [3.05, 3.63) is 0 Å². The Morgan fingerprint density at radius 2 is 1.05 bits per heavy atom. The molecule has 0 aliphatic carbocycles. The van der Waals surface area contributed by atoms with Crippen molar-refractivity contribution in [2.24, 2.45) is 0 Å². The fourth-order valence-electron chi connectivity index (χ4n) is 3.04. The average Bonchev–Trinajstić information content (AvgIpc) is 2.28. The molecule has 0 saturated carbocycles. The van der Waals surface area contributed by atoms with Crippen LogP contribution in [0, 0.1) is 0 Å². The van der Waals surface area contributed by atoms with Gasteiger partial charge in [0.1, 0.15) is 0 Å². The predicted octanol–water partition coefficient (Wildman–Crippen LogP) is 6.07. The van der Waals surface area contributed by atoms with Crippen molar-refractivity contribution in [2.75, 3.05) is 0 Å². The summed E-state index contributed by atoms with van der Waals surface area (Å²) in [7, 11) is 0. The maximum absolute atomic E-state index is 3.89. The molecule has 0 atom stereocenters. The number of hydrogen-bond acceptors (Lipinski definition) is 1. The normalized spacial score (nSPS) is 12.9. The van der Waals surface area contributed by atoms with Crippen LogP contribution in [-0.4, -0.2) is 11.1 Å². The van der Waals surface area contributed by atoms with Crippen molar-refractivity contribution in [1.29, 1.82) is 0 Å². The number of hydrogen-bond donors (Lipinski definition) is 1. The molecule has 1 nitrogen and oxygen atoms in total. The average molecular weight is 270 g/mol. The molecule has 0 fully saturated rings. The van der Waals surface area contributed by atoms with E-state index in [0.29, 0.717) is 5.54 Å². The van der Waals surface area contributed by atoms with Crippen molar-refractivity contribution < 1.29 is 0 Å². The third-order valence-corrected chi connectivity index (χ3v) is 3.84. The summed E-state index contributed by atoms with van der Waals surface area (Å²) in [6, 6.07) is 0. The van der Waals surface area contributed by atoms with Crippen molar-refractivity contribution in [3.8, 4) is 0 Å². The third kappa shape index (κ3) is 11.5. The summed E-state index contributed by atoms with van der Waals surface area (Å²) < 4.78 is 0. The van der Waals surface area contributed by atoms with Crippen LogP contribution in [0.5, 0.6) is 0 Å². The summed E-state index contributed by atoms with van der Waals surface area (Å²) in [5, 5.41) is 3.89. The number of nitrogens with one attached hydrogen (secondary N) is 1. The maximum Gasteiger partial charge on any atom is 0.0158 e. The van der Waals surface area contributed by atoms with E-state index in [1.807, 2.05) is 0 Å². The number of rotatable bonds is 11.